The maximum atomic E-state index is 13.1. The van der Waals surface area contributed by atoms with E-state index in [1.54, 1.807) is 21.5 Å². The number of piperidine rings is 1. The average molecular weight is 697 g/mol. The molecule has 0 aliphatic carbocycles. The normalized spacial score (nSPS) is 16.1. The van der Waals surface area contributed by atoms with E-state index in [4.69, 9.17) is 0 Å². The number of anilines is 1. The number of hydrogen-bond acceptors (Lipinski definition) is 10. The van der Waals surface area contributed by atoms with Gasteiger partial charge in [-0.05, 0) is 36.4 Å². The lowest BCUT2D eigenvalue weighted by molar-refractivity contribution is -0.959. The summed E-state index contributed by atoms with van der Waals surface area (Å²) in [6, 6.07) is 22.0. The number of benzene rings is 3. The van der Waals surface area contributed by atoms with E-state index >= 15 is 0 Å². The van der Waals surface area contributed by atoms with Crippen LogP contribution in [0, 0.1) is 0 Å². The summed E-state index contributed by atoms with van der Waals surface area (Å²) >= 11 is 0. The fourth-order valence-electron chi connectivity index (χ4n) is 7.47. The third-order valence-electron chi connectivity index (χ3n) is 10.0. The first-order valence-electron chi connectivity index (χ1n) is 17.1. The van der Waals surface area contributed by atoms with E-state index in [-0.39, 0.29) is 30.1 Å². The molecule has 1 amide bonds. The summed E-state index contributed by atoms with van der Waals surface area (Å²) in [5, 5.41) is 25.8. The zero-order valence-electron chi connectivity index (χ0n) is 28.0. The molecule has 0 saturated carbocycles. The molecule has 2 aliphatic rings. The number of para-hydroxylation sites is 3. The zero-order chi connectivity index (χ0) is 35.3. The minimum Gasteiger partial charge on any atom is -0.362 e. The Morgan fingerprint density at radius 3 is 1.75 bits per heavy atom. The van der Waals surface area contributed by atoms with Gasteiger partial charge in [0, 0.05) is 18.5 Å². The van der Waals surface area contributed by atoms with Crippen molar-refractivity contribution in [2.24, 2.45) is 0 Å². The van der Waals surface area contributed by atoms with Crippen LogP contribution in [0.5, 0.6) is 0 Å². The first kappa shape index (κ1) is 31.4. The lowest BCUT2D eigenvalue weighted by Crippen LogP contribution is -2.66. The molecule has 52 heavy (non-hydrogen) atoms. The van der Waals surface area contributed by atoms with Gasteiger partial charge in [-0.2, -0.15) is 0 Å². The van der Waals surface area contributed by atoms with Crippen molar-refractivity contribution in [3.8, 4) is 0 Å². The Labute approximate surface area is 295 Å². The van der Waals surface area contributed by atoms with Gasteiger partial charge in [-0.15, -0.1) is 10.2 Å². The molecule has 0 atom stereocenters. The molecule has 16 nitrogen and oxygen atoms in total. The van der Waals surface area contributed by atoms with E-state index in [1.165, 1.54) is 0 Å². The average Bonchev–Trinajstić information content (AvgIpc) is 3.78. The molecule has 0 bridgehead atoms. The molecule has 4 aromatic heterocycles. The summed E-state index contributed by atoms with van der Waals surface area (Å²) < 4.78 is 3.95. The molecule has 260 valence electrons. The Kier molecular flexibility index (Phi) is 7.46. The highest BCUT2D eigenvalue weighted by atomic mass is 16.2. The quantitative estimate of drug-likeness (QED) is 0.171. The second kappa shape index (κ2) is 12.3. The number of carbonyl (C=O) groups is 1. The fourth-order valence-corrected chi connectivity index (χ4v) is 7.47. The van der Waals surface area contributed by atoms with Crippen LogP contribution in [0.25, 0.3) is 21.8 Å². The van der Waals surface area contributed by atoms with Gasteiger partial charge in [0.25, 0.3) is 17.0 Å². The van der Waals surface area contributed by atoms with E-state index in [0.29, 0.717) is 82.5 Å². The minimum absolute atomic E-state index is 0.0825. The summed E-state index contributed by atoms with van der Waals surface area (Å²) in [6.45, 7) is 3.02. The maximum absolute atomic E-state index is 13.1. The van der Waals surface area contributed by atoms with Gasteiger partial charge >= 0.3 is 0 Å². The predicted octanol–water partition coefficient (Wildman–Crippen LogP) is 2.30. The van der Waals surface area contributed by atoms with Gasteiger partial charge in [-0.1, -0.05) is 46.8 Å². The van der Waals surface area contributed by atoms with Gasteiger partial charge in [0.15, 0.2) is 0 Å². The van der Waals surface area contributed by atoms with Crippen LogP contribution in [-0.2, 0) is 26.2 Å². The van der Waals surface area contributed by atoms with Gasteiger partial charge in [-0.25, -0.2) is 19.3 Å². The smallest absolute Gasteiger partial charge is 0.258 e. The summed E-state index contributed by atoms with van der Waals surface area (Å²) in [4.78, 5) is 53.4. The third kappa shape index (κ3) is 5.98. The molecule has 1 spiro atoms. The molecule has 7 aromatic rings. The standard InChI is InChI=1S/C36H33N13O3/c50-33-25-7-1-4-10-28(25)37-31(39-33)19-47-17-23(43-45-47)21-49(15-13-36(14-16-49)41-30-12-6-3-9-27(30)35(52)42-36)22-24-18-48(46-44-24)20-32-38-29-11-5-2-8-26(29)34(51)40-32/h1-12,17-18H,13-16,19-22H2,(H3-,37,38,39,40,41,42,50,51,52)/p+1. The molecule has 1 fully saturated rings. The van der Waals surface area contributed by atoms with Gasteiger partial charge < -0.3 is 25.1 Å². The summed E-state index contributed by atoms with van der Waals surface area (Å²) in [6.07, 6.45) is 5.10. The van der Waals surface area contributed by atoms with Gasteiger partial charge in [0.2, 0.25) is 0 Å². The van der Waals surface area contributed by atoms with Crippen LogP contribution in [0.4, 0.5) is 5.69 Å². The molecular formula is C36H34N13O3+. The Balaban J connectivity index is 0.971. The number of nitrogens with zero attached hydrogens (tertiary/aromatic N) is 9. The second-order valence-corrected chi connectivity index (χ2v) is 13.7. The molecule has 4 N–H and O–H groups in total. The van der Waals surface area contributed by atoms with Crippen molar-refractivity contribution in [3.05, 3.63) is 134 Å². The monoisotopic (exact) mass is 696 g/mol. The van der Waals surface area contributed by atoms with Crippen LogP contribution in [0.2, 0.25) is 0 Å². The molecule has 0 unspecified atom stereocenters. The Morgan fingerprint density at radius 2 is 1.17 bits per heavy atom. The van der Waals surface area contributed by atoms with E-state index in [2.05, 4.69) is 51.2 Å². The molecule has 3 aromatic carbocycles. The molecule has 16 heteroatoms. The Bertz CT molecular complexity index is 2460. The molecule has 9 rings (SSSR count). The third-order valence-corrected chi connectivity index (χ3v) is 10.0. The van der Waals surface area contributed by atoms with E-state index in [9.17, 15) is 14.4 Å². The zero-order valence-corrected chi connectivity index (χ0v) is 28.0. The number of aromatic amines is 2. The summed E-state index contributed by atoms with van der Waals surface area (Å²) in [7, 11) is 0. The van der Waals surface area contributed by atoms with Crippen LogP contribution in [-0.4, -0.2) is 79.1 Å². The minimum atomic E-state index is -0.580. The largest absolute Gasteiger partial charge is 0.362 e. The summed E-state index contributed by atoms with van der Waals surface area (Å²) in [5.41, 5.74) is 3.28. The van der Waals surface area contributed by atoms with Crippen molar-refractivity contribution < 1.29 is 9.28 Å². The molecular weight excluding hydrogens is 662 g/mol. The van der Waals surface area contributed by atoms with Crippen LogP contribution >= 0.6 is 0 Å². The topological polar surface area (TPSA) is 194 Å². The number of nitrogens with one attached hydrogen (secondary N) is 4. The Hall–Kier alpha value is -6.55. The van der Waals surface area contributed by atoms with Crippen molar-refractivity contribution in [2.45, 2.75) is 44.7 Å². The number of H-pyrrole nitrogens is 2. The maximum Gasteiger partial charge on any atom is 0.258 e. The van der Waals surface area contributed by atoms with Crippen molar-refractivity contribution in [1.29, 1.82) is 0 Å². The lowest BCUT2D eigenvalue weighted by atomic mass is 9.90. The van der Waals surface area contributed by atoms with Gasteiger partial charge in [-0.3, -0.25) is 14.4 Å². The van der Waals surface area contributed by atoms with Crippen LogP contribution in [0.1, 0.15) is 46.2 Å². The highest BCUT2D eigenvalue weighted by molar-refractivity contribution is 6.02. The molecule has 2 aliphatic heterocycles. The number of amides is 1. The molecule has 6 heterocycles. The van der Waals surface area contributed by atoms with E-state index < -0.39 is 5.66 Å². The van der Waals surface area contributed by atoms with Crippen molar-refractivity contribution in [1.82, 2.24) is 55.2 Å². The van der Waals surface area contributed by atoms with Gasteiger partial charge in [0.05, 0.1) is 52.9 Å². The fraction of sp³-hybridized carbons (Fsp3) is 0.250. The van der Waals surface area contributed by atoms with E-state index in [1.807, 2.05) is 73.1 Å². The number of fused-ring (bicyclic) bond motifs is 3. The van der Waals surface area contributed by atoms with Crippen LogP contribution in [0.15, 0.2) is 94.8 Å². The van der Waals surface area contributed by atoms with Crippen molar-refractivity contribution in [2.75, 3.05) is 18.4 Å². The molecule has 1 saturated heterocycles. The van der Waals surface area contributed by atoms with Gasteiger partial charge in [0.1, 0.15) is 54.9 Å². The number of rotatable bonds is 8. The highest BCUT2D eigenvalue weighted by Gasteiger charge is 2.46. The SMILES string of the molecule is O=C1NC2(CC[N+](Cc3cn(Cc4nc5ccccc5c(=O)[nH]4)nn3)(Cc3cn(Cc4nc5ccccc5c(=O)[nH]4)nn3)CC2)Nc2ccccc21. The number of carbonyl (C=O) groups excluding carboxylic acids is 1. The highest BCUT2D eigenvalue weighted by Crippen LogP contribution is 2.35. The first-order valence-corrected chi connectivity index (χ1v) is 17.1. The number of hydrogen-bond donors (Lipinski definition) is 4. The number of quaternary nitrogens is 1. The summed E-state index contributed by atoms with van der Waals surface area (Å²) in [5.74, 6) is 0.894. The first-order chi connectivity index (χ1) is 25.3. The predicted molar refractivity (Wildman–Crippen MR) is 190 cm³/mol. The van der Waals surface area contributed by atoms with Crippen LogP contribution < -0.4 is 21.8 Å². The Morgan fingerprint density at radius 1 is 0.654 bits per heavy atom. The molecule has 0 radical (unpaired) electrons. The van der Waals surface area contributed by atoms with Crippen LogP contribution in [0.3, 0.4) is 0 Å². The van der Waals surface area contributed by atoms with Crippen molar-refractivity contribution >= 4 is 33.4 Å². The lowest BCUT2D eigenvalue weighted by Gasteiger charge is -2.50. The number of likely N-dealkylation sites (tertiary alicyclic amines) is 1. The second-order valence-electron chi connectivity index (χ2n) is 13.7. The van der Waals surface area contributed by atoms with E-state index in [0.717, 1.165) is 17.1 Å². The van der Waals surface area contributed by atoms with Crippen molar-refractivity contribution in [3.63, 3.8) is 0 Å². The number of aromatic nitrogens is 10.